The minimum Gasteiger partial charge on any atom is -0.502 e. The lowest BCUT2D eigenvalue weighted by molar-refractivity contribution is -0.129. The van der Waals surface area contributed by atoms with Crippen molar-refractivity contribution < 1.29 is 14.6 Å². The number of allylic oxidation sites excluding steroid dienone is 1. The Bertz CT molecular complexity index is 283. The van der Waals surface area contributed by atoms with Crippen LogP contribution in [0.25, 0.3) is 0 Å². The lowest BCUT2D eigenvalue weighted by atomic mass is 10.2. The zero-order valence-electron chi connectivity index (χ0n) is 11.1. The maximum Gasteiger partial charge on any atom is 0.223 e. The van der Waals surface area contributed by atoms with E-state index in [-0.39, 0.29) is 18.6 Å². The number of likely N-dealkylation sites (tertiary alicyclic amines) is 1. The van der Waals surface area contributed by atoms with Gasteiger partial charge in [0.1, 0.15) is 0 Å². The summed E-state index contributed by atoms with van der Waals surface area (Å²) in [7, 11) is 1.64. The van der Waals surface area contributed by atoms with E-state index in [1.807, 2.05) is 16.7 Å². The molecule has 1 aliphatic heterocycles. The molecule has 0 unspecified atom stereocenters. The third-order valence-electron chi connectivity index (χ3n) is 3.17. The molecule has 1 amide bonds. The number of aliphatic hydroxyl groups excluding tert-OH is 1. The first kappa shape index (κ1) is 15.4. The summed E-state index contributed by atoms with van der Waals surface area (Å²) in [5.74, 6) is 2.99. The zero-order valence-corrected chi connectivity index (χ0v) is 11.9. The predicted molar refractivity (Wildman–Crippen MR) is 74.5 cm³/mol. The van der Waals surface area contributed by atoms with Crippen molar-refractivity contribution in [3.63, 3.8) is 0 Å². The fourth-order valence-corrected chi connectivity index (χ4v) is 2.91. The largest absolute Gasteiger partial charge is 0.502 e. The summed E-state index contributed by atoms with van der Waals surface area (Å²) in [5.41, 5.74) is 0. The monoisotopic (exact) mass is 273 g/mol. The van der Waals surface area contributed by atoms with E-state index in [9.17, 15) is 4.79 Å². The first-order valence-corrected chi connectivity index (χ1v) is 7.54. The van der Waals surface area contributed by atoms with Crippen LogP contribution in [0.15, 0.2) is 12.3 Å². The van der Waals surface area contributed by atoms with Gasteiger partial charge in [-0.3, -0.25) is 4.79 Å². The standard InChI is InChI=1S/C13H23NO3S/c1-11(17-2)4-3-8-18-9-7-14-12(10-15)5-6-13(14)16/h12,15H,1,3-10H2,2H3/t12-/m1/s1. The molecule has 0 saturated carbocycles. The van der Waals surface area contributed by atoms with E-state index in [1.54, 1.807) is 7.11 Å². The molecule has 5 heteroatoms. The maximum atomic E-state index is 11.6. The van der Waals surface area contributed by atoms with Crippen molar-refractivity contribution in [1.29, 1.82) is 0 Å². The molecule has 1 fully saturated rings. The molecule has 1 aliphatic rings. The molecule has 4 nitrogen and oxygen atoms in total. The Kier molecular flexibility index (Phi) is 7.20. The molecule has 1 atom stereocenters. The minimum atomic E-state index is 0.0476. The third-order valence-corrected chi connectivity index (χ3v) is 4.22. The number of carbonyl (C=O) groups excluding carboxylic acids is 1. The summed E-state index contributed by atoms with van der Waals surface area (Å²) in [6.07, 6.45) is 3.33. The molecule has 0 bridgehead atoms. The third kappa shape index (κ3) is 4.90. The summed E-state index contributed by atoms with van der Waals surface area (Å²) in [6.45, 7) is 4.61. The van der Waals surface area contributed by atoms with Gasteiger partial charge >= 0.3 is 0 Å². The molecule has 1 rings (SSSR count). The van der Waals surface area contributed by atoms with Crippen molar-refractivity contribution in [3.8, 4) is 0 Å². The molecule has 0 aromatic heterocycles. The zero-order chi connectivity index (χ0) is 13.4. The number of carbonyl (C=O) groups is 1. The van der Waals surface area contributed by atoms with Crippen LogP contribution in [0.4, 0.5) is 0 Å². The molecule has 0 spiro atoms. The Balaban J connectivity index is 2.07. The van der Waals surface area contributed by atoms with E-state index in [2.05, 4.69) is 6.58 Å². The Labute approximate surface area is 113 Å². The van der Waals surface area contributed by atoms with Gasteiger partial charge in [-0.15, -0.1) is 0 Å². The molecule has 0 radical (unpaired) electrons. The number of aliphatic hydroxyl groups is 1. The van der Waals surface area contributed by atoms with Crippen molar-refractivity contribution in [3.05, 3.63) is 12.3 Å². The second-order valence-corrected chi connectivity index (χ2v) is 5.65. The van der Waals surface area contributed by atoms with Gasteiger partial charge in [-0.1, -0.05) is 6.58 Å². The molecule has 104 valence electrons. The molecule has 0 aromatic carbocycles. The quantitative estimate of drug-likeness (QED) is 0.512. The van der Waals surface area contributed by atoms with Crippen LogP contribution in [0.3, 0.4) is 0 Å². The molecule has 18 heavy (non-hydrogen) atoms. The SMILES string of the molecule is C=C(CCCSCCN1C(=O)CC[C@@H]1CO)OC. The number of hydrogen-bond acceptors (Lipinski definition) is 4. The second-order valence-electron chi connectivity index (χ2n) is 4.42. The number of ether oxygens (including phenoxy) is 1. The van der Waals surface area contributed by atoms with E-state index in [0.717, 1.165) is 43.1 Å². The Hall–Kier alpha value is -0.680. The van der Waals surface area contributed by atoms with Crippen molar-refractivity contribution in [1.82, 2.24) is 4.90 Å². The summed E-state index contributed by atoms with van der Waals surface area (Å²) < 4.78 is 5.00. The molecule has 1 N–H and O–H groups in total. The second kappa shape index (κ2) is 8.43. The van der Waals surface area contributed by atoms with Gasteiger partial charge in [0.25, 0.3) is 0 Å². The summed E-state index contributed by atoms with van der Waals surface area (Å²) in [4.78, 5) is 13.4. The van der Waals surface area contributed by atoms with Gasteiger partial charge in [0.15, 0.2) is 0 Å². The van der Waals surface area contributed by atoms with Crippen LogP contribution in [0.2, 0.25) is 0 Å². The van der Waals surface area contributed by atoms with Gasteiger partial charge in [-0.05, 0) is 18.6 Å². The number of nitrogens with zero attached hydrogens (tertiary/aromatic N) is 1. The topological polar surface area (TPSA) is 49.8 Å². The first-order valence-electron chi connectivity index (χ1n) is 6.39. The first-order chi connectivity index (χ1) is 8.69. The van der Waals surface area contributed by atoms with Crippen LogP contribution < -0.4 is 0 Å². The fourth-order valence-electron chi connectivity index (χ4n) is 2.03. The highest BCUT2D eigenvalue weighted by Crippen LogP contribution is 2.19. The smallest absolute Gasteiger partial charge is 0.223 e. The molecular formula is C13H23NO3S. The number of hydrogen-bond donors (Lipinski definition) is 1. The maximum absolute atomic E-state index is 11.6. The Morgan fingerprint density at radius 1 is 1.61 bits per heavy atom. The average molecular weight is 273 g/mol. The molecule has 0 aromatic rings. The van der Waals surface area contributed by atoms with E-state index in [4.69, 9.17) is 9.84 Å². The molecule has 1 heterocycles. The lowest BCUT2D eigenvalue weighted by Crippen LogP contribution is -2.37. The molecule has 1 saturated heterocycles. The van der Waals surface area contributed by atoms with E-state index in [1.165, 1.54) is 0 Å². The normalized spacial score (nSPS) is 19.3. The summed E-state index contributed by atoms with van der Waals surface area (Å²) >= 11 is 1.83. The van der Waals surface area contributed by atoms with Crippen molar-refractivity contribution >= 4 is 17.7 Å². The van der Waals surface area contributed by atoms with Gasteiger partial charge in [0.05, 0.1) is 25.5 Å². The minimum absolute atomic E-state index is 0.0476. The highest BCUT2D eigenvalue weighted by molar-refractivity contribution is 7.99. The number of rotatable bonds is 9. The van der Waals surface area contributed by atoms with Crippen LogP contribution in [0.5, 0.6) is 0 Å². The van der Waals surface area contributed by atoms with E-state index in [0.29, 0.717) is 6.42 Å². The van der Waals surface area contributed by atoms with Crippen molar-refractivity contribution in [2.24, 2.45) is 0 Å². The van der Waals surface area contributed by atoms with Gasteiger partial charge in [0, 0.05) is 25.1 Å². The van der Waals surface area contributed by atoms with Gasteiger partial charge in [-0.2, -0.15) is 11.8 Å². The van der Waals surface area contributed by atoms with Crippen LogP contribution in [-0.4, -0.2) is 53.7 Å². The summed E-state index contributed by atoms with van der Waals surface area (Å²) in [6, 6.07) is 0.0476. The molecule has 0 aliphatic carbocycles. The van der Waals surface area contributed by atoms with Crippen molar-refractivity contribution in [2.45, 2.75) is 31.7 Å². The van der Waals surface area contributed by atoms with Crippen LogP contribution in [0.1, 0.15) is 25.7 Å². The van der Waals surface area contributed by atoms with Crippen LogP contribution in [-0.2, 0) is 9.53 Å². The van der Waals surface area contributed by atoms with Gasteiger partial charge in [-0.25, -0.2) is 0 Å². The van der Waals surface area contributed by atoms with Crippen LogP contribution >= 0.6 is 11.8 Å². The fraction of sp³-hybridized carbons (Fsp3) is 0.769. The highest BCUT2D eigenvalue weighted by Gasteiger charge is 2.29. The Morgan fingerprint density at radius 2 is 2.39 bits per heavy atom. The number of methoxy groups -OCH3 is 1. The predicted octanol–water partition coefficient (Wildman–Crippen LogP) is 1.64. The highest BCUT2D eigenvalue weighted by atomic mass is 32.2. The summed E-state index contributed by atoms with van der Waals surface area (Å²) in [5, 5.41) is 9.16. The Morgan fingerprint density at radius 3 is 3.06 bits per heavy atom. The average Bonchev–Trinajstić information content (AvgIpc) is 2.74. The molecular weight excluding hydrogens is 250 g/mol. The van der Waals surface area contributed by atoms with E-state index >= 15 is 0 Å². The van der Waals surface area contributed by atoms with Crippen molar-refractivity contribution in [2.75, 3.05) is 31.8 Å². The lowest BCUT2D eigenvalue weighted by Gasteiger charge is -2.22. The number of thioether (sulfide) groups is 1. The van der Waals surface area contributed by atoms with Crippen LogP contribution in [0, 0.1) is 0 Å². The van der Waals surface area contributed by atoms with Gasteiger partial charge < -0.3 is 14.7 Å². The van der Waals surface area contributed by atoms with E-state index < -0.39 is 0 Å². The van der Waals surface area contributed by atoms with Gasteiger partial charge in [0.2, 0.25) is 5.91 Å². The number of amides is 1.